The molecule has 0 aromatic heterocycles. The van der Waals surface area contributed by atoms with E-state index in [2.05, 4.69) is 77.5 Å². The number of nitrogens with zero attached hydrogens (tertiary/aromatic N) is 1. The number of anilines is 1. The van der Waals surface area contributed by atoms with Gasteiger partial charge in [-0.1, -0.05) is 78.9 Å². The second-order valence-electron chi connectivity index (χ2n) is 8.01. The lowest BCUT2D eigenvalue weighted by Crippen LogP contribution is -2.41. The number of guanidine groups is 1. The molecule has 1 atom stereocenters. The molecule has 0 saturated carbocycles. The highest BCUT2D eigenvalue weighted by Gasteiger charge is 2.24. The molecule has 4 rings (SSSR count). The molecule has 0 bridgehead atoms. The number of hydrogen-bond donors (Lipinski definition) is 3. The smallest absolute Gasteiger partial charge is 0.225 e. The number of carbonyl (C=O) groups is 1. The highest BCUT2D eigenvalue weighted by atomic mass is 16.1. The van der Waals surface area contributed by atoms with Gasteiger partial charge in [0.2, 0.25) is 5.91 Å². The van der Waals surface area contributed by atoms with Crippen molar-refractivity contribution in [1.29, 1.82) is 0 Å². The number of hydrogen-bond acceptors (Lipinski definition) is 2. The summed E-state index contributed by atoms with van der Waals surface area (Å²) in [6, 6.07) is 29.0. The summed E-state index contributed by atoms with van der Waals surface area (Å²) in [5.41, 5.74) is 4.57. The van der Waals surface area contributed by atoms with Crippen LogP contribution in [0.4, 0.5) is 5.69 Å². The fourth-order valence-electron chi connectivity index (χ4n) is 4.20. The Bertz CT molecular complexity index is 1010. The highest BCUT2D eigenvalue weighted by molar-refractivity contribution is 5.94. The number of aliphatic imine (C=N–C) groups is 1. The maximum absolute atomic E-state index is 12.2. The normalized spacial score (nSPS) is 15.8. The first kappa shape index (κ1) is 21.6. The van der Waals surface area contributed by atoms with Crippen LogP contribution in [0.15, 0.2) is 89.9 Å². The number of fused-ring (bicyclic) bond motifs is 1. The summed E-state index contributed by atoms with van der Waals surface area (Å²) in [4.78, 5) is 17.1. The van der Waals surface area contributed by atoms with Crippen molar-refractivity contribution in [3.05, 3.63) is 102 Å². The topological polar surface area (TPSA) is 65.5 Å². The molecule has 3 aromatic carbocycles. The molecule has 5 nitrogen and oxygen atoms in total. The van der Waals surface area contributed by atoms with E-state index in [0.29, 0.717) is 19.5 Å². The van der Waals surface area contributed by atoms with E-state index in [1.165, 1.54) is 16.7 Å². The first-order valence-electron chi connectivity index (χ1n) is 11.3. The van der Waals surface area contributed by atoms with E-state index >= 15 is 0 Å². The molecule has 0 radical (unpaired) electrons. The van der Waals surface area contributed by atoms with Gasteiger partial charge in [-0.2, -0.15) is 0 Å². The van der Waals surface area contributed by atoms with Crippen LogP contribution in [0.2, 0.25) is 0 Å². The van der Waals surface area contributed by atoms with Crippen molar-refractivity contribution >= 4 is 17.6 Å². The Balaban J connectivity index is 1.50. The van der Waals surface area contributed by atoms with Crippen molar-refractivity contribution in [2.45, 2.75) is 25.2 Å². The third-order valence-electron chi connectivity index (χ3n) is 5.80. The summed E-state index contributed by atoms with van der Waals surface area (Å²) >= 11 is 0. The number of amides is 1. The van der Waals surface area contributed by atoms with Crippen molar-refractivity contribution < 1.29 is 4.79 Å². The first-order valence-corrected chi connectivity index (χ1v) is 11.3. The number of carbonyl (C=O) groups excluding carboxylic acids is 1. The van der Waals surface area contributed by atoms with Crippen LogP contribution >= 0.6 is 0 Å². The zero-order chi connectivity index (χ0) is 22.2. The van der Waals surface area contributed by atoms with Gasteiger partial charge in [-0.25, -0.2) is 0 Å². The quantitative estimate of drug-likeness (QED) is 0.385. The molecular formula is C27H30N4O. The SMILES string of the molecule is CCNC(=NCC(c1ccccc1)c1ccccc1)NCC1CC(=O)Nc2ccccc21. The van der Waals surface area contributed by atoms with Gasteiger partial charge in [-0.3, -0.25) is 9.79 Å². The maximum atomic E-state index is 12.2. The van der Waals surface area contributed by atoms with Crippen LogP contribution in [-0.2, 0) is 4.79 Å². The van der Waals surface area contributed by atoms with E-state index in [4.69, 9.17) is 4.99 Å². The Morgan fingerprint density at radius 1 is 0.938 bits per heavy atom. The van der Waals surface area contributed by atoms with E-state index in [0.717, 1.165) is 18.2 Å². The van der Waals surface area contributed by atoms with Gasteiger partial charge in [0.25, 0.3) is 0 Å². The second-order valence-corrected chi connectivity index (χ2v) is 8.01. The number of nitrogens with one attached hydrogen (secondary N) is 3. The minimum Gasteiger partial charge on any atom is -0.357 e. The Hall–Kier alpha value is -3.60. The predicted molar refractivity (Wildman–Crippen MR) is 131 cm³/mol. The highest BCUT2D eigenvalue weighted by Crippen LogP contribution is 2.31. The number of benzene rings is 3. The van der Waals surface area contributed by atoms with Gasteiger partial charge < -0.3 is 16.0 Å². The molecule has 1 heterocycles. The fraction of sp³-hybridized carbons (Fsp3) is 0.259. The summed E-state index contributed by atoms with van der Waals surface area (Å²) in [7, 11) is 0. The van der Waals surface area contributed by atoms with Crippen molar-refractivity contribution in [1.82, 2.24) is 10.6 Å². The van der Waals surface area contributed by atoms with E-state index in [-0.39, 0.29) is 17.7 Å². The summed E-state index contributed by atoms with van der Waals surface area (Å²) < 4.78 is 0. The van der Waals surface area contributed by atoms with Crippen LogP contribution < -0.4 is 16.0 Å². The fourth-order valence-corrected chi connectivity index (χ4v) is 4.20. The third-order valence-corrected chi connectivity index (χ3v) is 5.80. The average Bonchev–Trinajstić information content (AvgIpc) is 2.83. The molecule has 5 heteroatoms. The maximum Gasteiger partial charge on any atom is 0.225 e. The van der Waals surface area contributed by atoms with Crippen molar-refractivity contribution in [2.24, 2.45) is 4.99 Å². The summed E-state index contributed by atoms with van der Waals surface area (Å²) in [5, 5.41) is 9.79. The predicted octanol–water partition coefficient (Wildman–Crippen LogP) is 4.50. The molecule has 3 N–H and O–H groups in total. The van der Waals surface area contributed by atoms with Crippen LogP contribution in [0.1, 0.15) is 41.9 Å². The first-order chi connectivity index (χ1) is 15.7. The molecular weight excluding hydrogens is 396 g/mol. The lowest BCUT2D eigenvalue weighted by atomic mass is 9.90. The lowest BCUT2D eigenvalue weighted by molar-refractivity contribution is -0.116. The van der Waals surface area contributed by atoms with Gasteiger partial charge in [0.15, 0.2) is 5.96 Å². The van der Waals surface area contributed by atoms with E-state index in [1.54, 1.807) is 0 Å². The summed E-state index contributed by atoms with van der Waals surface area (Å²) in [5.74, 6) is 1.12. The van der Waals surface area contributed by atoms with E-state index in [9.17, 15) is 4.79 Å². The zero-order valence-corrected chi connectivity index (χ0v) is 18.4. The van der Waals surface area contributed by atoms with Crippen LogP contribution in [0, 0.1) is 0 Å². The van der Waals surface area contributed by atoms with E-state index < -0.39 is 0 Å². The van der Waals surface area contributed by atoms with Crippen molar-refractivity contribution in [3.63, 3.8) is 0 Å². The standard InChI is InChI=1S/C27H30N4O/c1-2-28-27(29-18-22-17-26(32)31-25-16-10-9-15-23(22)25)30-19-24(20-11-5-3-6-12-20)21-13-7-4-8-14-21/h3-16,22,24H,2,17-19H2,1H3,(H,31,32)(H2,28,29,30). The van der Waals surface area contributed by atoms with E-state index in [1.807, 2.05) is 30.3 Å². The lowest BCUT2D eigenvalue weighted by Gasteiger charge is -2.26. The second kappa shape index (κ2) is 10.6. The Morgan fingerprint density at radius 2 is 1.56 bits per heavy atom. The van der Waals surface area contributed by atoms with Crippen molar-refractivity contribution in [3.8, 4) is 0 Å². The van der Waals surface area contributed by atoms with Gasteiger partial charge in [0.05, 0.1) is 6.54 Å². The number of rotatable bonds is 7. The van der Waals surface area contributed by atoms with Crippen LogP contribution in [0.25, 0.3) is 0 Å². The Morgan fingerprint density at radius 3 is 2.22 bits per heavy atom. The van der Waals surface area contributed by atoms with Crippen LogP contribution in [0.3, 0.4) is 0 Å². The average molecular weight is 427 g/mol. The monoisotopic (exact) mass is 426 g/mol. The molecule has 0 spiro atoms. The van der Waals surface area contributed by atoms with Crippen LogP contribution in [-0.4, -0.2) is 31.5 Å². The molecule has 1 aliphatic rings. The molecule has 0 fully saturated rings. The molecule has 3 aromatic rings. The third kappa shape index (κ3) is 5.35. The Kier molecular flexibility index (Phi) is 7.18. The Labute approximate surface area is 190 Å². The largest absolute Gasteiger partial charge is 0.357 e. The summed E-state index contributed by atoms with van der Waals surface area (Å²) in [6.07, 6.45) is 0.472. The van der Waals surface area contributed by atoms with Gasteiger partial charge >= 0.3 is 0 Å². The van der Waals surface area contributed by atoms with Gasteiger partial charge in [-0.15, -0.1) is 0 Å². The minimum absolute atomic E-state index is 0.0608. The molecule has 0 saturated heterocycles. The van der Waals surface area contributed by atoms with Crippen LogP contribution in [0.5, 0.6) is 0 Å². The van der Waals surface area contributed by atoms with Crippen molar-refractivity contribution in [2.75, 3.05) is 25.0 Å². The molecule has 1 aliphatic heterocycles. The van der Waals surface area contributed by atoms with Gasteiger partial charge in [0, 0.05) is 37.0 Å². The molecule has 0 aliphatic carbocycles. The van der Waals surface area contributed by atoms with Gasteiger partial charge in [0.1, 0.15) is 0 Å². The summed E-state index contributed by atoms with van der Waals surface area (Å²) in [6.45, 7) is 4.12. The molecule has 164 valence electrons. The number of para-hydroxylation sites is 1. The molecule has 1 amide bonds. The molecule has 32 heavy (non-hydrogen) atoms. The zero-order valence-electron chi connectivity index (χ0n) is 18.4. The molecule has 1 unspecified atom stereocenters. The van der Waals surface area contributed by atoms with Gasteiger partial charge in [-0.05, 0) is 29.7 Å². The minimum atomic E-state index is 0.0608.